The van der Waals surface area contributed by atoms with E-state index < -0.39 is 34.7 Å². The van der Waals surface area contributed by atoms with Gasteiger partial charge in [-0.2, -0.15) is 0 Å². The molecule has 2 heterocycles. The van der Waals surface area contributed by atoms with Crippen molar-refractivity contribution in [1.29, 1.82) is 0 Å². The first-order valence-electron chi connectivity index (χ1n) is 8.68. The lowest BCUT2D eigenvalue weighted by Crippen LogP contribution is -2.51. The fourth-order valence-corrected chi connectivity index (χ4v) is 3.63. The van der Waals surface area contributed by atoms with Crippen molar-refractivity contribution in [3.8, 4) is 0 Å². The smallest absolute Gasteiger partial charge is 0.239 e. The number of rotatable bonds is 3. The fourth-order valence-electron chi connectivity index (χ4n) is 3.63. The minimum Gasteiger partial charge on any atom is -0.341 e. The molecule has 0 aromatic heterocycles. The second-order valence-electron chi connectivity index (χ2n) is 6.71. The summed E-state index contributed by atoms with van der Waals surface area (Å²) in [6, 6.07) is 0.862. The number of Topliss-reactive ketones (excluding diaryl/α,β-unsaturated/α-hetero) is 1. The van der Waals surface area contributed by atoms with Crippen LogP contribution in [-0.2, 0) is 4.79 Å². The quantitative estimate of drug-likeness (QED) is 0.807. The zero-order chi connectivity index (χ0) is 18.0. The number of ketones is 1. The maximum absolute atomic E-state index is 13.8. The maximum atomic E-state index is 13.8. The standard InChI is InChI=1S/C18H21F3N2O2.ClH/c19-12-9-13(20)16(14(21)10-12)17(24)11-4-7-23(8-5-11)18(25)15-3-1-2-6-22-15;/h9-11,15,22H,1-8H2;1H. The molecule has 1 N–H and O–H groups in total. The largest absolute Gasteiger partial charge is 0.341 e. The molecule has 0 bridgehead atoms. The van der Waals surface area contributed by atoms with E-state index >= 15 is 0 Å². The SMILES string of the molecule is Cl.O=C(c1c(F)cc(F)cc1F)C1CCN(C(=O)C2CCCCN2)CC1. The van der Waals surface area contributed by atoms with Gasteiger partial charge in [-0.3, -0.25) is 9.59 Å². The predicted molar refractivity (Wildman–Crippen MR) is 92.8 cm³/mol. The highest BCUT2D eigenvalue weighted by Gasteiger charge is 2.33. The zero-order valence-electron chi connectivity index (χ0n) is 14.3. The van der Waals surface area contributed by atoms with Crippen LogP contribution in [0, 0.1) is 23.4 Å². The van der Waals surface area contributed by atoms with Crippen molar-refractivity contribution in [3.05, 3.63) is 35.1 Å². The van der Waals surface area contributed by atoms with Gasteiger partial charge in [-0.05, 0) is 32.2 Å². The van der Waals surface area contributed by atoms with E-state index in [1.54, 1.807) is 4.90 Å². The fraction of sp³-hybridized carbons (Fsp3) is 0.556. The van der Waals surface area contributed by atoms with Gasteiger partial charge in [0.15, 0.2) is 5.78 Å². The van der Waals surface area contributed by atoms with Gasteiger partial charge in [0, 0.05) is 31.1 Å². The lowest BCUT2D eigenvalue weighted by atomic mass is 9.88. The number of nitrogens with zero attached hydrogens (tertiary/aromatic N) is 1. The van der Waals surface area contributed by atoms with Crippen LogP contribution in [0.1, 0.15) is 42.5 Å². The van der Waals surface area contributed by atoms with Crippen LogP contribution in [0.25, 0.3) is 0 Å². The van der Waals surface area contributed by atoms with E-state index in [4.69, 9.17) is 0 Å². The maximum Gasteiger partial charge on any atom is 0.239 e. The number of carbonyl (C=O) groups is 2. The first kappa shape index (κ1) is 20.7. The van der Waals surface area contributed by atoms with Gasteiger partial charge in [-0.25, -0.2) is 13.2 Å². The molecule has 1 atom stereocenters. The molecule has 0 spiro atoms. The Kier molecular flexibility index (Phi) is 7.06. The van der Waals surface area contributed by atoms with Crippen LogP contribution in [-0.4, -0.2) is 42.3 Å². The van der Waals surface area contributed by atoms with Crippen LogP contribution in [0.4, 0.5) is 13.2 Å². The Morgan fingerprint density at radius 1 is 1.00 bits per heavy atom. The highest BCUT2D eigenvalue weighted by molar-refractivity contribution is 5.98. The molecule has 4 nitrogen and oxygen atoms in total. The van der Waals surface area contributed by atoms with E-state index in [1.807, 2.05) is 0 Å². The summed E-state index contributed by atoms with van der Waals surface area (Å²) in [6.45, 7) is 1.60. The van der Waals surface area contributed by atoms with Crippen molar-refractivity contribution >= 4 is 24.1 Å². The molecule has 2 aliphatic heterocycles. The molecule has 0 radical (unpaired) electrons. The van der Waals surface area contributed by atoms with E-state index in [9.17, 15) is 22.8 Å². The van der Waals surface area contributed by atoms with Gasteiger partial charge in [0.1, 0.15) is 17.5 Å². The van der Waals surface area contributed by atoms with E-state index in [2.05, 4.69) is 5.32 Å². The van der Waals surface area contributed by atoms with Gasteiger partial charge in [0.05, 0.1) is 11.6 Å². The number of amides is 1. The van der Waals surface area contributed by atoms with Crippen molar-refractivity contribution in [1.82, 2.24) is 10.2 Å². The van der Waals surface area contributed by atoms with Gasteiger partial charge < -0.3 is 10.2 Å². The van der Waals surface area contributed by atoms with Gasteiger partial charge in [-0.1, -0.05) is 6.42 Å². The molecule has 1 amide bonds. The van der Waals surface area contributed by atoms with E-state index in [0.717, 1.165) is 25.8 Å². The molecule has 1 aromatic carbocycles. The van der Waals surface area contributed by atoms with Crippen LogP contribution in [0.15, 0.2) is 12.1 Å². The zero-order valence-corrected chi connectivity index (χ0v) is 15.1. The number of benzene rings is 1. The van der Waals surface area contributed by atoms with Crippen molar-refractivity contribution in [2.24, 2.45) is 5.92 Å². The van der Waals surface area contributed by atoms with Gasteiger partial charge in [-0.15, -0.1) is 12.4 Å². The lowest BCUT2D eigenvalue weighted by Gasteiger charge is -2.35. The van der Waals surface area contributed by atoms with Crippen LogP contribution in [0.3, 0.4) is 0 Å². The average Bonchev–Trinajstić information content (AvgIpc) is 2.61. The minimum absolute atomic E-state index is 0. The minimum atomic E-state index is -1.17. The third-order valence-electron chi connectivity index (χ3n) is 5.04. The summed E-state index contributed by atoms with van der Waals surface area (Å²) < 4.78 is 40.6. The van der Waals surface area contributed by atoms with Crippen LogP contribution >= 0.6 is 12.4 Å². The highest BCUT2D eigenvalue weighted by Crippen LogP contribution is 2.26. The van der Waals surface area contributed by atoms with Crippen molar-refractivity contribution < 1.29 is 22.8 Å². The summed E-state index contributed by atoms with van der Waals surface area (Å²) in [5.74, 6) is -4.58. The molecule has 8 heteroatoms. The van der Waals surface area contributed by atoms with E-state index in [-0.39, 0.29) is 24.4 Å². The average molecular weight is 391 g/mol. The van der Waals surface area contributed by atoms with E-state index in [0.29, 0.717) is 38.1 Å². The molecule has 2 saturated heterocycles. The molecule has 0 saturated carbocycles. The summed E-state index contributed by atoms with van der Waals surface area (Å²) in [6.07, 6.45) is 3.60. The second-order valence-corrected chi connectivity index (χ2v) is 6.71. The highest BCUT2D eigenvalue weighted by atomic mass is 35.5. The van der Waals surface area contributed by atoms with Crippen LogP contribution < -0.4 is 5.32 Å². The molecule has 1 aromatic rings. The third-order valence-corrected chi connectivity index (χ3v) is 5.04. The van der Waals surface area contributed by atoms with Gasteiger partial charge >= 0.3 is 0 Å². The summed E-state index contributed by atoms with van der Waals surface area (Å²) in [7, 11) is 0. The number of halogens is 4. The summed E-state index contributed by atoms with van der Waals surface area (Å²) in [4.78, 5) is 26.6. The monoisotopic (exact) mass is 390 g/mol. The molecular formula is C18H22ClF3N2O2. The third kappa shape index (κ3) is 4.38. The molecule has 3 rings (SSSR count). The molecule has 26 heavy (non-hydrogen) atoms. The van der Waals surface area contributed by atoms with Gasteiger partial charge in [0.25, 0.3) is 0 Å². The van der Waals surface area contributed by atoms with Crippen molar-refractivity contribution in [3.63, 3.8) is 0 Å². The molecular weight excluding hydrogens is 369 g/mol. The normalized spacial score (nSPS) is 21.2. The number of carbonyl (C=O) groups excluding carboxylic acids is 2. The number of nitrogens with one attached hydrogen (secondary N) is 1. The lowest BCUT2D eigenvalue weighted by molar-refractivity contribution is -0.135. The van der Waals surface area contributed by atoms with Crippen LogP contribution in [0.2, 0.25) is 0 Å². The molecule has 144 valence electrons. The summed E-state index contributed by atoms with van der Waals surface area (Å²) in [5.41, 5.74) is -0.680. The number of hydrogen-bond donors (Lipinski definition) is 1. The Labute approximate surface area is 156 Å². The Bertz CT molecular complexity index is 649. The Balaban J connectivity index is 0.00000243. The predicted octanol–water partition coefficient (Wildman–Crippen LogP) is 3.09. The molecule has 0 aliphatic carbocycles. The Morgan fingerprint density at radius 3 is 2.15 bits per heavy atom. The molecule has 1 unspecified atom stereocenters. The Hall–Kier alpha value is -1.60. The first-order valence-corrected chi connectivity index (χ1v) is 8.68. The van der Waals surface area contributed by atoms with E-state index in [1.165, 1.54) is 0 Å². The number of hydrogen-bond acceptors (Lipinski definition) is 3. The summed E-state index contributed by atoms with van der Waals surface area (Å²) >= 11 is 0. The summed E-state index contributed by atoms with van der Waals surface area (Å²) in [5, 5.41) is 3.20. The molecule has 2 fully saturated rings. The van der Waals surface area contributed by atoms with Crippen molar-refractivity contribution in [2.75, 3.05) is 19.6 Å². The molecule has 2 aliphatic rings. The van der Waals surface area contributed by atoms with Gasteiger partial charge in [0.2, 0.25) is 5.91 Å². The Morgan fingerprint density at radius 2 is 1.62 bits per heavy atom. The first-order chi connectivity index (χ1) is 12.0. The second kappa shape index (κ2) is 8.86. The number of piperidine rings is 2. The van der Waals surface area contributed by atoms with Crippen molar-refractivity contribution in [2.45, 2.75) is 38.1 Å². The van der Waals surface area contributed by atoms with Crippen LogP contribution in [0.5, 0.6) is 0 Å². The number of likely N-dealkylation sites (tertiary alicyclic amines) is 1. The topological polar surface area (TPSA) is 49.4 Å².